The first-order valence-electron chi connectivity index (χ1n) is 5.21. The van der Waals surface area contributed by atoms with Gasteiger partial charge in [0.05, 0.1) is 8.66 Å². The minimum absolute atomic E-state index is 0.0111. The molecule has 0 aliphatic rings. The molecule has 1 aromatic rings. The van der Waals surface area contributed by atoms with Gasteiger partial charge in [-0.15, -0.1) is 11.3 Å². The van der Waals surface area contributed by atoms with Gasteiger partial charge in [-0.2, -0.15) is 0 Å². The minimum atomic E-state index is 0.0111. The molecule has 1 heterocycles. The van der Waals surface area contributed by atoms with Crippen molar-refractivity contribution in [1.29, 1.82) is 0 Å². The molecule has 0 spiro atoms. The van der Waals surface area contributed by atoms with E-state index >= 15 is 0 Å². The lowest BCUT2D eigenvalue weighted by atomic mass is 10.0. The predicted octanol–water partition coefficient (Wildman–Crippen LogP) is 4.44. The molecule has 1 amide bonds. The number of nitrogens with one attached hydrogen (secondary N) is 1. The van der Waals surface area contributed by atoms with Gasteiger partial charge in [-0.3, -0.25) is 4.79 Å². The van der Waals surface area contributed by atoms with Crippen LogP contribution >= 0.6 is 43.2 Å². The number of carbonyl (C=O) groups excluding carboxylic acids is 1. The molecule has 2 nitrogen and oxygen atoms in total. The third-order valence-electron chi connectivity index (χ3n) is 2.43. The van der Waals surface area contributed by atoms with Crippen LogP contribution in [0.3, 0.4) is 0 Å². The van der Waals surface area contributed by atoms with Crippen LogP contribution < -0.4 is 5.32 Å². The Morgan fingerprint density at radius 2 is 2.12 bits per heavy atom. The lowest BCUT2D eigenvalue weighted by Crippen LogP contribution is -2.37. The normalized spacial score (nSPS) is 12.9. The van der Waals surface area contributed by atoms with Crippen LogP contribution in [0.25, 0.3) is 0 Å². The molecule has 0 radical (unpaired) electrons. The molecule has 1 N–H and O–H groups in total. The van der Waals surface area contributed by atoms with Gasteiger partial charge in [0.15, 0.2) is 0 Å². The van der Waals surface area contributed by atoms with Gasteiger partial charge in [0.25, 0.3) is 5.91 Å². The molecule has 0 aliphatic heterocycles. The topological polar surface area (TPSA) is 29.1 Å². The quantitative estimate of drug-likeness (QED) is 0.836. The third-order valence-corrected chi connectivity index (χ3v) is 5.69. The molecule has 0 fully saturated rings. The van der Waals surface area contributed by atoms with Gasteiger partial charge < -0.3 is 5.32 Å². The maximum Gasteiger partial charge on any atom is 0.261 e. The summed E-state index contributed by atoms with van der Waals surface area (Å²) in [5.74, 6) is 0.470. The van der Waals surface area contributed by atoms with Crippen molar-refractivity contribution in [2.45, 2.75) is 33.2 Å². The molecule has 16 heavy (non-hydrogen) atoms. The number of rotatable bonds is 4. The number of carbonyl (C=O) groups is 1. The SMILES string of the molecule is CCC(NC(=O)c1cc(Br)c(Br)s1)C(C)C. The van der Waals surface area contributed by atoms with Crippen molar-refractivity contribution in [3.63, 3.8) is 0 Å². The van der Waals surface area contributed by atoms with Crippen LogP contribution in [0.4, 0.5) is 0 Å². The van der Waals surface area contributed by atoms with Crippen LogP contribution in [-0.4, -0.2) is 11.9 Å². The number of thiophene rings is 1. The van der Waals surface area contributed by atoms with Gasteiger partial charge in [0, 0.05) is 10.5 Å². The van der Waals surface area contributed by atoms with Crippen molar-refractivity contribution in [3.05, 3.63) is 19.2 Å². The molecular formula is C11H15Br2NOS. The molecule has 0 saturated carbocycles. The Hall–Kier alpha value is 0.130. The van der Waals surface area contributed by atoms with Crippen molar-refractivity contribution >= 4 is 49.1 Å². The maximum absolute atomic E-state index is 11.9. The predicted molar refractivity (Wildman–Crippen MR) is 76.1 cm³/mol. The second kappa shape index (κ2) is 6.17. The fourth-order valence-corrected chi connectivity index (χ4v) is 3.38. The Morgan fingerprint density at radius 1 is 1.50 bits per heavy atom. The molecular weight excluding hydrogens is 354 g/mol. The lowest BCUT2D eigenvalue weighted by Gasteiger charge is -2.20. The van der Waals surface area contributed by atoms with E-state index in [9.17, 15) is 4.79 Å². The largest absolute Gasteiger partial charge is 0.348 e. The summed E-state index contributed by atoms with van der Waals surface area (Å²) in [7, 11) is 0. The van der Waals surface area contributed by atoms with Gasteiger partial charge in [-0.25, -0.2) is 0 Å². The molecule has 0 aromatic carbocycles. The summed E-state index contributed by atoms with van der Waals surface area (Å²) >= 11 is 8.21. The Kier molecular flexibility index (Phi) is 5.47. The average Bonchev–Trinajstić information content (AvgIpc) is 2.55. The van der Waals surface area contributed by atoms with E-state index in [0.29, 0.717) is 5.92 Å². The highest BCUT2D eigenvalue weighted by Crippen LogP contribution is 2.32. The van der Waals surface area contributed by atoms with Gasteiger partial charge in [0.2, 0.25) is 0 Å². The zero-order valence-electron chi connectivity index (χ0n) is 9.51. The Morgan fingerprint density at radius 3 is 2.50 bits per heavy atom. The molecule has 1 rings (SSSR count). The third kappa shape index (κ3) is 3.57. The monoisotopic (exact) mass is 367 g/mol. The van der Waals surface area contributed by atoms with Crippen molar-refractivity contribution in [1.82, 2.24) is 5.32 Å². The Bertz CT molecular complexity index is 357. The fraction of sp³-hybridized carbons (Fsp3) is 0.545. The van der Waals surface area contributed by atoms with Crippen molar-refractivity contribution < 1.29 is 4.79 Å². The molecule has 5 heteroatoms. The van der Waals surface area contributed by atoms with E-state index in [1.165, 1.54) is 11.3 Å². The zero-order valence-corrected chi connectivity index (χ0v) is 13.5. The van der Waals surface area contributed by atoms with E-state index in [0.717, 1.165) is 19.6 Å². The van der Waals surface area contributed by atoms with Gasteiger partial charge in [0.1, 0.15) is 0 Å². The highest BCUT2D eigenvalue weighted by atomic mass is 79.9. The number of halogens is 2. The number of amides is 1. The summed E-state index contributed by atoms with van der Waals surface area (Å²) in [5.41, 5.74) is 0. The van der Waals surface area contributed by atoms with E-state index in [4.69, 9.17) is 0 Å². The standard InChI is InChI=1S/C11H15Br2NOS/c1-4-8(6(2)3)14-11(15)9-5-7(12)10(13)16-9/h5-6,8H,4H2,1-3H3,(H,14,15). The first-order valence-corrected chi connectivity index (χ1v) is 7.61. The molecule has 1 aromatic heterocycles. The maximum atomic E-state index is 11.9. The molecule has 0 bridgehead atoms. The van der Waals surface area contributed by atoms with Crippen LogP contribution in [0.5, 0.6) is 0 Å². The lowest BCUT2D eigenvalue weighted by molar-refractivity contribution is 0.0928. The molecule has 90 valence electrons. The van der Waals surface area contributed by atoms with Crippen molar-refractivity contribution in [3.8, 4) is 0 Å². The van der Waals surface area contributed by atoms with Crippen LogP contribution in [0.2, 0.25) is 0 Å². The minimum Gasteiger partial charge on any atom is -0.348 e. The van der Waals surface area contributed by atoms with Crippen LogP contribution in [-0.2, 0) is 0 Å². The molecule has 0 aliphatic carbocycles. The molecule has 1 unspecified atom stereocenters. The summed E-state index contributed by atoms with van der Waals surface area (Å²) in [4.78, 5) is 12.7. The second-order valence-electron chi connectivity index (χ2n) is 3.96. The summed E-state index contributed by atoms with van der Waals surface area (Å²) in [6, 6.07) is 2.09. The number of hydrogen-bond donors (Lipinski definition) is 1. The number of hydrogen-bond acceptors (Lipinski definition) is 2. The van der Waals surface area contributed by atoms with Crippen molar-refractivity contribution in [2.75, 3.05) is 0 Å². The zero-order chi connectivity index (χ0) is 12.3. The first-order chi connectivity index (χ1) is 7.45. The van der Waals surface area contributed by atoms with Gasteiger partial charge in [-0.05, 0) is 50.3 Å². The van der Waals surface area contributed by atoms with Crippen molar-refractivity contribution in [2.24, 2.45) is 5.92 Å². The van der Waals surface area contributed by atoms with E-state index in [1.807, 2.05) is 6.07 Å². The van der Waals surface area contributed by atoms with Gasteiger partial charge in [-0.1, -0.05) is 20.8 Å². The second-order valence-corrected chi connectivity index (χ2v) is 7.19. The average molecular weight is 369 g/mol. The smallest absolute Gasteiger partial charge is 0.261 e. The van der Waals surface area contributed by atoms with Crippen LogP contribution in [0.15, 0.2) is 14.3 Å². The molecule has 1 atom stereocenters. The van der Waals surface area contributed by atoms with E-state index in [2.05, 4.69) is 57.9 Å². The van der Waals surface area contributed by atoms with E-state index in [1.54, 1.807) is 0 Å². The Labute approximate surface area is 117 Å². The Balaban J connectivity index is 2.71. The first kappa shape index (κ1) is 14.2. The van der Waals surface area contributed by atoms with E-state index < -0.39 is 0 Å². The highest BCUT2D eigenvalue weighted by Gasteiger charge is 2.17. The van der Waals surface area contributed by atoms with E-state index in [-0.39, 0.29) is 11.9 Å². The summed E-state index contributed by atoms with van der Waals surface area (Å²) in [6.07, 6.45) is 0.955. The molecule has 0 saturated heterocycles. The fourth-order valence-electron chi connectivity index (χ4n) is 1.44. The summed E-state index contributed by atoms with van der Waals surface area (Å²) in [6.45, 7) is 6.33. The summed E-state index contributed by atoms with van der Waals surface area (Å²) in [5, 5.41) is 3.05. The van der Waals surface area contributed by atoms with Crippen LogP contribution in [0.1, 0.15) is 36.9 Å². The highest BCUT2D eigenvalue weighted by molar-refractivity contribution is 9.13. The van der Waals surface area contributed by atoms with Gasteiger partial charge >= 0.3 is 0 Å². The van der Waals surface area contributed by atoms with Crippen LogP contribution in [0, 0.1) is 5.92 Å². The summed E-state index contributed by atoms with van der Waals surface area (Å²) < 4.78 is 1.88.